The second-order valence-corrected chi connectivity index (χ2v) is 5.65. The number of rotatable bonds is 4. The van der Waals surface area contributed by atoms with E-state index in [2.05, 4.69) is 12.1 Å². The van der Waals surface area contributed by atoms with Crippen LogP contribution in [0.3, 0.4) is 0 Å². The maximum atomic E-state index is 12.7. The van der Waals surface area contributed by atoms with E-state index in [1.165, 1.54) is 17.7 Å². The lowest BCUT2D eigenvalue weighted by Crippen LogP contribution is -1.76. The normalized spacial score (nSPS) is 10.3. The molecule has 0 aromatic heterocycles. The van der Waals surface area contributed by atoms with E-state index in [0.717, 1.165) is 10.6 Å². The van der Waals surface area contributed by atoms with E-state index in [1.807, 2.05) is 18.2 Å². The highest BCUT2D eigenvalue weighted by Gasteiger charge is 1.96. The smallest absolute Gasteiger partial charge is 0.123 e. The Bertz CT molecular complexity index is 425. The number of benzene rings is 2. The fraction of sp³-hybridized carbons (Fsp3) is 0.0769. The fourth-order valence-electron chi connectivity index (χ4n) is 1.23. The van der Waals surface area contributed by atoms with E-state index >= 15 is 0 Å². The van der Waals surface area contributed by atoms with Crippen molar-refractivity contribution in [1.82, 2.24) is 0 Å². The standard InChI is InChI=1S/C13H11FS2/c14-12-6-8-13(9-7-12)16-15-10-11-4-2-1-3-5-11/h1-9H,10H2. The van der Waals surface area contributed by atoms with E-state index in [0.29, 0.717) is 0 Å². The van der Waals surface area contributed by atoms with Gasteiger partial charge < -0.3 is 0 Å². The van der Waals surface area contributed by atoms with Crippen molar-refractivity contribution in [3.63, 3.8) is 0 Å². The van der Waals surface area contributed by atoms with Gasteiger partial charge >= 0.3 is 0 Å². The highest BCUT2D eigenvalue weighted by molar-refractivity contribution is 8.76. The lowest BCUT2D eigenvalue weighted by molar-refractivity contribution is 0.626. The highest BCUT2D eigenvalue weighted by atomic mass is 33.1. The minimum atomic E-state index is -0.183. The van der Waals surface area contributed by atoms with E-state index in [-0.39, 0.29) is 5.82 Å². The van der Waals surface area contributed by atoms with Crippen molar-refractivity contribution in [2.45, 2.75) is 10.6 Å². The van der Waals surface area contributed by atoms with Crippen LogP contribution in [0.15, 0.2) is 59.5 Å². The van der Waals surface area contributed by atoms with Crippen molar-refractivity contribution in [2.24, 2.45) is 0 Å². The Kier molecular flexibility index (Phi) is 4.31. The highest BCUT2D eigenvalue weighted by Crippen LogP contribution is 2.33. The van der Waals surface area contributed by atoms with Gasteiger partial charge in [-0.2, -0.15) is 0 Å². The van der Waals surface area contributed by atoms with Gasteiger partial charge in [0.2, 0.25) is 0 Å². The third kappa shape index (κ3) is 3.58. The molecule has 0 radical (unpaired) electrons. The molecule has 3 heteroatoms. The first kappa shape index (κ1) is 11.6. The van der Waals surface area contributed by atoms with Crippen LogP contribution < -0.4 is 0 Å². The molecule has 0 atom stereocenters. The number of hydrogen-bond acceptors (Lipinski definition) is 2. The quantitative estimate of drug-likeness (QED) is 0.717. The van der Waals surface area contributed by atoms with Crippen LogP contribution in [0, 0.1) is 5.82 Å². The summed E-state index contributed by atoms with van der Waals surface area (Å²) in [5.41, 5.74) is 1.31. The molecule has 0 fully saturated rings. The summed E-state index contributed by atoms with van der Waals surface area (Å²) in [6.07, 6.45) is 0. The summed E-state index contributed by atoms with van der Waals surface area (Å²) >= 11 is 0. The molecule has 16 heavy (non-hydrogen) atoms. The van der Waals surface area contributed by atoms with Gasteiger partial charge in [-0.15, -0.1) is 0 Å². The third-order valence-corrected chi connectivity index (χ3v) is 4.36. The van der Waals surface area contributed by atoms with Gasteiger partial charge in [0.05, 0.1) is 0 Å². The predicted molar refractivity (Wildman–Crippen MR) is 70.0 cm³/mol. The second kappa shape index (κ2) is 5.97. The molecule has 0 saturated carbocycles. The van der Waals surface area contributed by atoms with Gasteiger partial charge in [-0.3, -0.25) is 0 Å². The Morgan fingerprint density at radius 1 is 0.875 bits per heavy atom. The van der Waals surface area contributed by atoms with Crippen LogP contribution in [0.25, 0.3) is 0 Å². The predicted octanol–water partition coefficient (Wildman–Crippen LogP) is 4.77. The summed E-state index contributed by atoms with van der Waals surface area (Å²) in [4.78, 5) is 1.09. The van der Waals surface area contributed by atoms with Crippen LogP contribution in [-0.2, 0) is 5.75 Å². The molecule has 2 aromatic rings. The van der Waals surface area contributed by atoms with E-state index in [9.17, 15) is 4.39 Å². The van der Waals surface area contributed by atoms with Gasteiger partial charge in [0.1, 0.15) is 5.82 Å². The summed E-state index contributed by atoms with van der Waals surface area (Å²) in [6.45, 7) is 0. The first-order valence-electron chi connectivity index (χ1n) is 4.93. The van der Waals surface area contributed by atoms with E-state index < -0.39 is 0 Å². The van der Waals surface area contributed by atoms with Gasteiger partial charge in [0, 0.05) is 10.6 Å². The average molecular weight is 250 g/mol. The summed E-state index contributed by atoms with van der Waals surface area (Å²) < 4.78 is 12.7. The van der Waals surface area contributed by atoms with Gasteiger partial charge in [-0.25, -0.2) is 4.39 Å². The van der Waals surface area contributed by atoms with Gasteiger partial charge in [-0.1, -0.05) is 51.9 Å². The van der Waals surface area contributed by atoms with E-state index in [4.69, 9.17) is 0 Å². The summed E-state index contributed by atoms with van der Waals surface area (Å²) in [6, 6.07) is 16.9. The molecule has 2 aromatic carbocycles. The van der Waals surface area contributed by atoms with Crippen LogP contribution in [0.1, 0.15) is 5.56 Å². The fourth-order valence-corrected chi connectivity index (χ4v) is 3.33. The zero-order chi connectivity index (χ0) is 11.2. The molecular weight excluding hydrogens is 239 g/mol. The molecule has 0 amide bonds. The molecule has 0 unspecified atom stereocenters. The summed E-state index contributed by atoms with van der Waals surface area (Å²) in [7, 11) is 3.43. The molecule has 0 bridgehead atoms. The Hall–Kier alpha value is -0.930. The van der Waals surface area contributed by atoms with Crippen LogP contribution in [0.5, 0.6) is 0 Å². The Morgan fingerprint density at radius 2 is 1.56 bits per heavy atom. The topological polar surface area (TPSA) is 0 Å². The van der Waals surface area contributed by atoms with Gasteiger partial charge in [0.25, 0.3) is 0 Å². The lowest BCUT2D eigenvalue weighted by atomic mass is 10.2. The summed E-state index contributed by atoms with van der Waals surface area (Å²) in [5.74, 6) is 0.778. The monoisotopic (exact) mass is 250 g/mol. The molecule has 0 N–H and O–H groups in total. The SMILES string of the molecule is Fc1ccc(SSCc2ccccc2)cc1. The Labute approximate surface area is 103 Å². The molecule has 0 aliphatic carbocycles. The molecular formula is C13H11FS2. The minimum absolute atomic E-state index is 0.183. The van der Waals surface area contributed by atoms with Crippen molar-refractivity contribution < 1.29 is 4.39 Å². The second-order valence-electron chi connectivity index (χ2n) is 3.29. The van der Waals surface area contributed by atoms with Crippen LogP contribution in [-0.4, -0.2) is 0 Å². The largest absolute Gasteiger partial charge is 0.207 e. The first-order chi connectivity index (χ1) is 7.84. The minimum Gasteiger partial charge on any atom is -0.207 e. The zero-order valence-electron chi connectivity index (χ0n) is 8.60. The molecule has 0 spiro atoms. The molecule has 0 nitrogen and oxygen atoms in total. The molecule has 0 aliphatic heterocycles. The molecule has 2 rings (SSSR count). The average Bonchev–Trinajstić information content (AvgIpc) is 2.33. The van der Waals surface area contributed by atoms with Crippen molar-refractivity contribution in [3.8, 4) is 0 Å². The molecule has 0 aliphatic rings. The van der Waals surface area contributed by atoms with Gasteiger partial charge in [-0.05, 0) is 29.8 Å². The number of hydrogen-bond donors (Lipinski definition) is 0. The Balaban J connectivity index is 1.82. The van der Waals surface area contributed by atoms with Crippen molar-refractivity contribution in [1.29, 1.82) is 0 Å². The number of halogens is 1. The molecule has 0 heterocycles. The molecule has 0 saturated heterocycles. The zero-order valence-corrected chi connectivity index (χ0v) is 10.2. The maximum Gasteiger partial charge on any atom is 0.123 e. The molecule has 82 valence electrons. The summed E-state index contributed by atoms with van der Waals surface area (Å²) in [5, 5.41) is 0. The Morgan fingerprint density at radius 3 is 2.25 bits per heavy atom. The lowest BCUT2D eigenvalue weighted by Gasteiger charge is -2.01. The van der Waals surface area contributed by atoms with Crippen molar-refractivity contribution in [3.05, 3.63) is 66.0 Å². The van der Waals surface area contributed by atoms with Crippen molar-refractivity contribution in [2.75, 3.05) is 0 Å². The van der Waals surface area contributed by atoms with Crippen molar-refractivity contribution >= 4 is 21.6 Å². The van der Waals surface area contributed by atoms with Crippen LogP contribution in [0.2, 0.25) is 0 Å². The van der Waals surface area contributed by atoms with Crippen LogP contribution in [0.4, 0.5) is 4.39 Å². The van der Waals surface area contributed by atoms with Crippen LogP contribution >= 0.6 is 21.6 Å². The van der Waals surface area contributed by atoms with Gasteiger partial charge in [0.15, 0.2) is 0 Å². The first-order valence-corrected chi connectivity index (χ1v) is 7.25. The maximum absolute atomic E-state index is 12.7. The van der Waals surface area contributed by atoms with E-state index in [1.54, 1.807) is 33.7 Å². The third-order valence-electron chi connectivity index (χ3n) is 2.04.